The van der Waals surface area contributed by atoms with Gasteiger partial charge in [0.2, 0.25) is 11.4 Å². The summed E-state index contributed by atoms with van der Waals surface area (Å²) in [7, 11) is 0. The van der Waals surface area contributed by atoms with Crippen LogP contribution in [0.3, 0.4) is 0 Å². The quantitative estimate of drug-likeness (QED) is 0.142. The van der Waals surface area contributed by atoms with E-state index in [0.29, 0.717) is 6.07 Å². The number of halogens is 3. The maximum atomic E-state index is 13.1. The average Bonchev–Trinajstić information content (AvgIpc) is 3.15. The molecule has 2 N–H and O–H groups in total. The largest absolute Gasteiger partial charge is 0.618 e. The van der Waals surface area contributed by atoms with Gasteiger partial charge in [-0.05, 0) is 24.6 Å². The number of hydrogen-bond acceptors (Lipinski definition) is 8. The van der Waals surface area contributed by atoms with Gasteiger partial charge in [-0.1, -0.05) is 0 Å². The van der Waals surface area contributed by atoms with Crippen molar-refractivity contribution in [3.8, 4) is 33.9 Å². The van der Waals surface area contributed by atoms with E-state index in [1.54, 1.807) is 0 Å². The lowest BCUT2D eigenvalue weighted by Gasteiger charge is -2.12. The van der Waals surface area contributed by atoms with Gasteiger partial charge < -0.3 is 24.6 Å². The van der Waals surface area contributed by atoms with Crippen molar-refractivity contribution < 1.29 is 47.0 Å². The fourth-order valence-corrected chi connectivity index (χ4v) is 3.16. The monoisotopic (exact) mass is 468 g/mol. The summed E-state index contributed by atoms with van der Waals surface area (Å²) in [6, 6.07) is 3.24. The van der Waals surface area contributed by atoms with Gasteiger partial charge >= 0.3 is 17.8 Å². The van der Waals surface area contributed by atoms with Crippen LogP contribution in [0.15, 0.2) is 34.9 Å². The number of carbonyl (C=O) groups excluding carboxylic acids is 1. The summed E-state index contributed by atoms with van der Waals surface area (Å²) in [6.45, 7) is 2.48. The molecule has 10 nitrogen and oxygen atoms in total. The van der Waals surface area contributed by atoms with Crippen molar-refractivity contribution >= 4 is 11.7 Å². The Morgan fingerprint density at radius 2 is 1.91 bits per heavy atom. The number of nitro groups is 1. The number of aromatic hydroxyl groups is 2. The third-order valence-electron chi connectivity index (χ3n) is 4.70. The van der Waals surface area contributed by atoms with Gasteiger partial charge in [0.25, 0.3) is 5.69 Å². The second kappa shape index (κ2) is 8.33. The lowest BCUT2D eigenvalue weighted by molar-refractivity contribution is -0.635. The standard InChI is InChI=1S/C20H15F3N2O8/c1-3-32-19(28)16-12(10-6-13(25(30)31)17(27)14(26)7-10)8-33-18(16)11-4-5-15(20(21,22)23)24(29)9(11)2/h4-8,26-27H,3H2,1-2H3. The molecule has 0 aliphatic rings. The molecule has 0 amide bonds. The molecule has 0 radical (unpaired) electrons. The number of esters is 1. The summed E-state index contributed by atoms with van der Waals surface area (Å²) in [5, 5.41) is 43.0. The van der Waals surface area contributed by atoms with E-state index in [-0.39, 0.29) is 39.4 Å². The number of hydrogen-bond donors (Lipinski definition) is 2. The highest BCUT2D eigenvalue weighted by Crippen LogP contribution is 2.43. The second-order valence-corrected chi connectivity index (χ2v) is 6.70. The number of furan rings is 1. The highest BCUT2D eigenvalue weighted by molar-refractivity contribution is 6.03. The second-order valence-electron chi connectivity index (χ2n) is 6.70. The van der Waals surface area contributed by atoms with Gasteiger partial charge in [-0.2, -0.15) is 17.9 Å². The van der Waals surface area contributed by atoms with Crippen molar-refractivity contribution in [3.63, 3.8) is 0 Å². The predicted octanol–water partition coefficient (Wildman–Crippen LogP) is 4.07. The molecule has 0 saturated heterocycles. The minimum atomic E-state index is -4.92. The first-order valence-corrected chi connectivity index (χ1v) is 9.18. The lowest BCUT2D eigenvalue weighted by Crippen LogP contribution is -2.40. The number of ether oxygens (including phenoxy) is 1. The molecule has 2 heterocycles. The number of carbonyl (C=O) groups is 1. The van der Waals surface area contributed by atoms with Crippen molar-refractivity contribution in [2.45, 2.75) is 20.0 Å². The van der Waals surface area contributed by atoms with E-state index in [2.05, 4.69) is 0 Å². The van der Waals surface area contributed by atoms with E-state index >= 15 is 0 Å². The Morgan fingerprint density at radius 3 is 2.48 bits per heavy atom. The van der Waals surface area contributed by atoms with Crippen molar-refractivity contribution in [2.75, 3.05) is 6.61 Å². The van der Waals surface area contributed by atoms with E-state index in [4.69, 9.17) is 9.15 Å². The third-order valence-corrected chi connectivity index (χ3v) is 4.70. The van der Waals surface area contributed by atoms with Gasteiger partial charge in [0.1, 0.15) is 5.56 Å². The Labute approximate surface area is 182 Å². The Balaban J connectivity index is 2.29. The van der Waals surface area contributed by atoms with Crippen LogP contribution in [-0.2, 0) is 10.9 Å². The Kier molecular flexibility index (Phi) is 5.90. The van der Waals surface area contributed by atoms with Crippen LogP contribution >= 0.6 is 0 Å². The number of nitrogens with zero attached hydrogens (tertiary/aromatic N) is 2. The maximum absolute atomic E-state index is 13.1. The first-order chi connectivity index (χ1) is 15.4. The number of pyridine rings is 1. The molecule has 0 aliphatic carbocycles. The Morgan fingerprint density at radius 1 is 1.24 bits per heavy atom. The van der Waals surface area contributed by atoms with Crippen LogP contribution in [0.5, 0.6) is 11.5 Å². The molecule has 2 aromatic heterocycles. The first kappa shape index (κ1) is 23.4. The average molecular weight is 468 g/mol. The summed E-state index contributed by atoms with van der Waals surface area (Å²) in [5.74, 6) is -3.19. The van der Waals surface area contributed by atoms with Crippen LogP contribution in [0, 0.1) is 22.2 Å². The minimum Gasteiger partial charge on any atom is -0.618 e. The number of phenols is 2. The molecule has 0 fully saturated rings. The summed E-state index contributed by atoms with van der Waals surface area (Å²) in [5.41, 5.74) is -3.55. The third kappa shape index (κ3) is 4.12. The van der Waals surface area contributed by atoms with E-state index in [0.717, 1.165) is 31.4 Å². The van der Waals surface area contributed by atoms with Crippen LogP contribution in [0.1, 0.15) is 28.7 Å². The van der Waals surface area contributed by atoms with Gasteiger partial charge in [-0.25, -0.2) is 4.79 Å². The molecule has 0 unspecified atom stereocenters. The predicted molar refractivity (Wildman–Crippen MR) is 104 cm³/mol. The summed E-state index contributed by atoms with van der Waals surface area (Å²) >= 11 is 0. The van der Waals surface area contributed by atoms with Crippen LogP contribution < -0.4 is 4.73 Å². The molecule has 174 valence electrons. The van der Waals surface area contributed by atoms with E-state index in [1.807, 2.05) is 0 Å². The van der Waals surface area contributed by atoms with Crippen LogP contribution in [0.25, 0.3) is 22.5 Å². The van der Waals surface area contributed by atoms with E-state index < -0.39 is 45.6 Å². The van der Waals surface area contributed by atoms with E-state index in [9.17, 15) is 43.5 Å². The maximum Gasteiger partial charge on any atom is 0.478 e. The van der Waals surface area contributed by atoms with Crippen LogP contribution in [0.2, 0.25) is 0 Å². The van der Waals surface area contributed by atoms with Gasteiger partial charge in [0, 0.05) is 24.6 Å². The number of aromatic nitrogens is 1. The highest BCUT2D eigenvalue weighted by Gasteiger charge is 2.41. The van der Waals surface area contributed by atoms with Gasteiger partial charge in [-0.15, -0.1) is 0 Å². The normalized spacial score (nSPS) is 11.4. The smallest absolute Gasteiger partial charge is 0.478 e. The molecule has 13 heteroatoms. The molecule has 33 heavy (non-hydrogen) atoms. The number of benzene rings is 1. The van der Waals surface area contributed by atoms with Gasteiger partial charge in [0.05, 0.1) is 23.4 Å². The Bertz CT molecular complexity index is 1270. The molecular formula is C20H15F3N2O8. The van der Waals surface area contributed by atoms with E-state index in [1.165, 1.54) is 6.92 Å². The fraction of sp³-hybridized carbons (Fsp3) is 0.200. The highest BCUT2D eigenvalue weighted by atomic mass is 19.4. The van der Waals surface area contributed by atoms with Crippen molar-refractivity contribution in [1.82, 2.24) is 0 Å². The number of rotatable bonds is 5. The Hall–Kier alpha value is -4.29. The topological polar surface area (TPSA) is 150 Å². The molecule has 1 aromatic carbocycles. The zero-order chi connectivity index (χ0) is 24.7. The van der Waals surface area contributed by atoms with Crippen molar-refractivity contribution in [3.05, 3.63) is 62.8 Å². The molecule has 3 rings (SSSR count). The first-order valence-electron chi connectivity index (χ1n) is 9.18. The zero-order valence-corrected chi connectivity index (χ0v) is 17.0. The van der Waals surface area contributed by atoms with Gasteiger partial charge in [-0.3, -0.25) is 10.1 Å². The van der Waals surface area contributed by atoms with Crippen LogP contribution in [-0.4, -0.2) is 27.7 Å². The molecule has 0 atom stereocenters. The van der Waals surface area contributed by atoms with Crippen molar-refractivity contribution in [1.29, 1.82) is 0 Å². The molecule has 0 saturated carbocycles. The molecule has 3 aromatic rings. The van der Waals surface area contributed by atoms with Crippen LogP contribution in [0.4, 0.5) is 18.9 Å². The molecule has 0 spiro atoms. The van der Waals surface area contributed by atoms with Gasteiger partial charge in [0.15, 0.2) is 11.5 Å². The SMILES string of the molecule is CCOC(=O)c1c(-c2cc(O)c(O)c([N+](=O)[O-])c2)coc1-c1ccc(C(F)(F)F)[n+]([O-])c1C. The summed E-state index contributed by atoms with van der Waals surface area (Å²) < 4.78 is 49.2. The minimum absolute atomic E-state index is 0.0998. The zero-order valence-electron chi connectivity index (χ0n) is 17.0. The lowest BCUT2D eigenvalue weighted by atomic mass is 9.98. The number of alkyl halides is 3. The molecular weight excluding hydrogens is 453 g/mol. The fourth-order valence-electron chi connectivity index (χ4n) is 3.16. The summed E-state index contributed by atoms with van der Waals surface area (Å²) in [4.78, 5) is 22.9. The molecule has 0 bridgehead atoms. The molecule has 0 aliphatic heterocycles. The van der Waals surface area contributed by atoms with Crippen molar-refractivity contribution in [2.24, 2.45) is 0 Å². The number of nitro benzene ring substituents is 1. The summed E-state index contributed by atoms with van der Waals surface area (Å²) in [6.07, 6.45) is -3.96. The number of phenolic OH excluding ortho intramolecular Hbond substituents is 2.